The maximum absolute atomic E-state index is 15.1. The molecule has 45 heavy (non-hydrogen) atoms. The van der Waals surface area contributed by atoms with E-state index in [2.05, 4.69) is 10.2 Å². The maximum atomic E-state index is 15.1. The summed E-state index contributed by atoms with van der Waals surface area (Å²) in [5.74, 6) is -0.530. The van der Waals surface area contributed by atoms with Gasteiger partial charge < -0.3 is 9.32 Å². The Kier molecular flexibility index (Phi) is 6.44. The molecule has 8 nitrogen and oxygen atoms in total. The van der Waals surface area contributed by atoms with Gasteiger partial charge in [-0.25, -0.2) is 0 Å². The van der Waals surface area contributed by atoms with Crippen molar-refractivity contribution in [1.29, 1.82) is 0 Å². The number of hydrogen-bond acceptors (Lipinski definition) is 8. The van der Waals surface area contributed by atoms with Crippen LogP contribution in [-0.2, 0) is 22.6 Å². The van der Waals surface area contributed by atoms with Crippen LogP contribution in [0.4, 0.5) is 10.8 Å². The summed E-state index contributed by atoms with van der Waals surface area (Å²) in [4.78, 5) is 46.9. The Morgan fingerprint density at radius 3 is 2.44 bits per heavy atom. The number of carbonyl (C=O) groups is 2. The minimum Gasteiger partial charge on any atom is -0.450 e. The van der Waals surface area contributed by atoms with Crippen LogP contribution in [0.5, 0.6) is 0 Å². The van der Waals surface area contributed by atoms with Gasteiger partial charge in [-0.1, -0.05) is 114 Å². The first-order valence-electron chi connectivity index (χ1n) is 14.3. The average Bonchev–Trinajstić information content (AvgIpc) is 3.70. The molecule has 4 aromatic carbocycles. The fourth-order valence-electron chi connectivity index (χ4n) is 6.33. The molecule has 2 aromatic heterocycles. The second-order valence-electron chi connectivity index (χ2n) is 11.0. The summed E-state index contributed by atoms with van der Waals surface area (Å²) in [5.41, 5.74) is 2.27. The fourth-order valence-corrected chi connectivity index (χ4v) is 8.18. The Hall–Kier alpha value is -5.06. The third kappa shape index (κ3) is 4.17. The van der Waals surface area contributed by atoms with Crippen LogP contribution >= 0.6 is 23.1 Å². The van der Waals surface area contributed by atoms with Gasteiger partial charge in [-0.3, -0.25) is 19.3 Å². The van der Waals surface area contributed by atoms with E-state index in [0.29, 0.717) is 26.7 Å². The highest BCUT2D eigenvalue weighted by Gasteiger charge is 2.66. The van der Waals surface area contributed by atoms with Crippen LogP contribution in [0.2, 0.25) is 0 Å². The van der Waals surface area contributed by atoms with Crippen molar-refractivity contribution in [2.75, 3.05) is 9.80 Å². The quantitative estimate of drug-likeness (QED) is 0.150. The zero-order valence-corrected chi connectivity index (χ0v) is 25.6. The second-order valence-corrected chi connectivity index (χ2v) is 13.2. The van der Waals surface area contributed by atoms with Crippen LogP contribution < -0.4 is 15.2 Å². The molecule has 0 saturated carbocycles. The molecule has 220 valence electrons. The molecule has 2 aliphatic rings. The van der Waals surface area contributed by atoms with Gasteiger partial charge in [-0.2, -0.15) is 0 Å². The van der Waals surface area contributed by atoms with Crippen molar-refractivity contribution in [2.24, 2.45) is 0 Å². The second kappa shape index (κ2) is 10.5. The van der Waals surface area contributed by atoms with Gasteiger partial charge in [0.05, 0.1) is 23.2 Å². The predicted molar refractivity (Wildman–Crippen MR) is 175 cm³/mol. The lowest BCUT2D eigenvalue weighted by atomic mass is 9.84. The van der Waals surface area contributed by atoms with E-state index in [1.807, 2.05) is 79.7 Å². The molecule has 0 N–H and O–H groups in total. The molecule has 0 bridgehead atoms. The normalized spacial score (nSPS) is 17.0. The largest absolute Gasteiger partial charge is 0.450 e. The Balaban J connectivity index is 1.33. The van der Waals surface area contributed by atoms with Crippen molar-refractivity contribution in [2.45, 2.75) is 29.1 Å². The Labute approximate surface area is 265 Å². The lowest BCUT2D eigenvalue weighted by molar-refractivity contribution is -0.121. The number of carbonyl (C=O) groups excluding carboxylic acids is 2. The molecule has 1 atom stereocenters. The number of benzene rings is 4. The number of fused-ring (bicyclic) bond motifs is 5. The SMILES string of the molecule is Cc1cccc(CN2C(=O)C3(c4ccccc42)c2c(oc4ccccc4c2=O)C(=O)N3c2nnc(SCc3ccccc3)s2)c1. The summed E-state index contributed by atoms with van der Waals surface area (Å²) in [5, 5.41) is 9.32. The number of aromatic nitrogens is 2. The van der Waals surface area contributed by atoms with Gasteiger partial charge in [0, 0.05) is 11.3 Å². The van der Waals surface area contributed by atoms with Crippen LogP contribution in [0.3, 0.4) is 0 Å². The molecule has 6 aromatic rings. The third-order valence-corrected chi connectivity index (χ3v) is 10.4. The average molecular weight is 629 g/mol. The zero-order valence-electron chi connectivity index (χ0n) is 24.0. The van der Waals surface area contributed by atoms with Gasteiger partial charge in [0.2, 0.25) is 10.9 Å². The highest BCUT2D eigenvalue weighted by molar-refractivity contribution is 8.00. The minimum absolute atomic E-state index is 0.00378. The van der Waals surface area contributed by atoms with Gasteiger partial charge in [-0.05, 0) is 36.2 Å². The zero-order chi connectivity index (χ0) is 30.7. The van der Waals surface area contributed by atoms with Gasteiger partial charge in [0.1, 0.15) is 5.58 Å². The van der Waals surface area contributed by atoms with Crippen molar-refractivity contribution >= 4 is 56.7 Å². The monoisotopic (exact) mass is 628 g/mol. The van der Waals surface area contributed by atoms with Gasteiger partial charge in [0.15, 0.2) is 15.3 Å². The van der Waals surface area contributed by atoms with E-state index in [-0.39, 0.29) is 28.6 Å². The molecule has 0 saturated heterocycles. The highest BCUT2D eigenvalue weighted by Crippen LogP contribution is 2.55. The summed E-state index contributed by atoms with van der Waals surface area (Å²) >= 11 is 2.70. The molecule has 1 unspecified atom stereocenters. The van der Waals surface area contributed by atoms with E-state index in [0.717, 1.165) is 16.7 Å². The number of anilines is 2. The van der Waals surface area contributed by atoms with E-state index in [1.165, 1.54) is 28.0 Å². The van der Waals surface area contributed by atoms with E-state index < -0.39 is 22.8 Å². The molecule has 8 rings (SSSR count). The van der Waals surface area contributed by atoms with Crippen molar-refractivity contribution in [1.82, 2.24) is 10.2 Å². The summed E-state index contributed by atoms with van der Waals surface area (Å²) < 4.78 is 6.80. The molecular weight excluding hydrogens is 605 g/mol. The van der Waals surface area contributed by atoms with E-state index in [1.54, 1.807) is 35.2 Å². The maximum Gasteiger partial charge on any atom is 0.297 e. The Morgan fingerprint density at radius 2 is 1.60 bits per heavy atom. The molecule has 4 heterocycles. The Morgan fingerprint density at radius 1 is 0.844 bits per heavy atom. The van der Waals surface area contributed by atoms with E-state index >= 15 is 4.79 Å². The molecule has 10 heteroatoms. The van der Waals surface area contributed by atoms with Gasteiger partial charge in [-0.15, -0.1) is 10.2 Å². The first-order valence-corrected chi connectivity index (χ1v) is 16.1. The number of para-hydroxylation sites is 2. The van der Waals surface area contributed by atoms with Crippen LogP contribution in [0.1, 0.15) is 38.4 Å². The van der Waals surface area contributed by atoms with Crippen LogP contribution in [0, 0.1) is 6.92 Å². The van der Waals surface area contributed by atoms with Crippen molar-refractivity contribution < 1.29 is 14.0 Å². The number of thioether (sulfide) groups is 1. The van der Waals surface area contributed by atoms with Crippen molar-refractivity contribution in [3.63, 3.8) is 0 Å². The topological polar surface area (TPSA) is 96.6 Å². The number of hydrogen-bond donors (Lipinski definition) is 0. The molecule has 1 spiro atoms. The number of nitrogens with zero attached hydrogens (tertiary/aromatic N) is 4. The van der Waals surface area contributed by atoms with Gasteiger partial charge in [0.25, 0.3) is 11.8 Å². The highest BCUT2D eigenvalue weighted by atomic mass is 32.2. The lowest BCUT2D eigenvalue weighted by Gasteiger charge is -2.32. The summed E-state index contributed by atoms with van der Waals surface area (Å²) in [6.07, 6.45) is 0. The molecule has 2 amide bonds. The van der Waals surface area contributed by atoms with Crippen molar-refractivity contribution in [3.05, 3.63) is 147 Å². The minimum atomic E-state index is -1.82. The van der Waals surface area contributed by atoms with Crippen LogP contribution in [0.25, 0.3) is 11.0 Å². The third-order valence-electron chi connectivity index (χ3n) is 8.25. The molecular formula is C35H24N4O4S2. The first-order chi connectivity index (χ1) is 22.0. The lowest BCUT2D eigenvalue weighted by Crippen LogP contribution is -2.53. The molecule has 2 aliphatic heterocycles. The van der Waals surface area contributed by atoms with E-state index in [9.17, 15) is 9.59 Å². The smallest absolute Gasteiger partial charge is 0.297 e. The first kappa shape index (κ1) is 27.5. The van der Waals surface area contributed by atoms with Crippen LogP contribution in [-0.4, -0.2) is 22.0 Å². The fraction of sp³-hybridized carbons (Fsp3) is 0.114. The Bertz CT molecular complexity index is 2210. The van der Waals surface area contributed by atoms with E-state index in [4.69, 9.17) is 4.42 Å². The number of rotatable bonds is 6. The number of amides is 2. The summed E-state index contributed by atoms with van der Waals surface area (Å²) in [6.45, 7) is 2.25. The predicted octanol–water partition coefficient (Wildman–Crippen LogP) is 6.70. The number of aryl methyl sites for hydroxylation is 1. The molecule has 0 aliphatic carbocycles. The molecule has 0 radical (unpaired) electrons. The summed E-state index contributed by atoms with van der Waals surface area (Å²) in [7, 11) is 0. The van der Waals surface area contributed by atoms with Crippen LogP contribution in [0.15, 0.2) is 117 Å². The van der Waals surface area contributed by atoms with Gasteiger partial charge >= 0.3 is 0 Å². The molecule has 0 fully saturated rings. The standard InChI is InChI=1S/C35H24N4O4S2/c1-21-10-9-13-23(18-21)19-38-26-16-7-6-15-25(26)35(32(38)42)28-29(40)24-14-5-8-17-27(24)43-30(28)31(41)39(35)33-36-37-34(45-33)44-20-22-11-3-2-4-12-22/h2-18H,19-20H2,1H3. The summed E-state index contributed by atoms with van der Waals surface area (Å²) in [6, 6.07) is 32.0. The van der Waals surface area contributed by atoms with Crippen molar-refractivity contribution in [3.8, 4) is 0 Å².